The Bertz CT molecular complexity index is 692. The zero-order valence-corrected chi connectivity index (χ0v) is 10.7. The van der Waals surface area contributed by atoms with E-state index in [1.165, 1.54) is 12.1 Å². The second kappa shape index (κ2) is 5.34. The van der Waals surface area contributed by atoms with Gasteiger partial charge in [0.2, 0.25) is 0 Å². The molecule has 2 rings (SSSR count). The van der Waals surface area contributed by atoms with Gasteiger partial charge in [0.05, 0.1) is 27.6 Å². The number of hydrogen-bond acceptors (Lipinski definition) is 3. The third kappa shape index (κ3) is 2.80. The van der Waals surface area contributed by atoms with Crippen molar-refractivity contribution in [3.63, 3.8) is 0 Å². The summed E-state index contributed by atoms with van der Waals surface area (Å²) in [6.45, 7) is 0. The van der Waals surface area contributed by atoms with E-state index >= 15 is 0 Å². The van der Waals surface area contributed by atoms with E-state index in [1.54, 1.807) is 0 Å². The number of halogens is 3. The molecule has 4 nitrogen and oxygen atoms in total. The van der Waals surface area contributed by atoms with Crippen molar-refractivity contribution in [1.82, 2.24) is 0 Å². The van der Waals surface area contributed by atoms with E-state index in [-0.39, 0.29) is 22.1 Å². The highest BCUT2D eigenvalue weighted by molar-refractivity contribution is 6.33. The van der Waals surface area contributed by atoms with Gasteiger partial charge >= 0.3 is 5.97 Å². The summed E-state index contributed by atoms with van der Waals surface area (Å²) in [5, 5.41) is 11.6. The summed E-state index contributed by atoms with van der Waals surface area (Å²) in [6.07, 6.45) is 0. The topological polar surface area (TPSA) is 75.4 Å². The summed E-state index contributed by atoms with van der Waals surface area (Å²) >= 11 is 5.86. The number of nitrogen functional groups attached to an aromatic ring is 1. The van der Waals surface area contributed by atoms with Crippen molar-refractivity contribution in [3.05, 3.63) is 52.6 Å². The van der Waals surface area contributed by atoms with Crippen LogP contribution in [-0.2, 0) is 0 Å². The molecule has 0 saturated heterocycles. The first kappa shape index (κ1) is 14.1. The van der Waals surface area contributed by atoms with Gasteiger partial charge in [-0.15, -0.1) is 0 Å². The normalized spacial score (nSPS) is 10.3. The van der Waals surface area contributed by atoms with E-state index < -0.39 is 23.2 Å². The van der Waals surface area contributed by atoms with Crippen molar-refractivity contribution in [2.75, 3.05) is 11.1 Å². The molecule has 0 spiro atoms. The van der Waals surface area contributed by atoms with Gasteiger partial charge in [0.15, 0.2) is 0 Å². The number of nitrogens with one attached hydrogen (secondary N) is 1. The van der Waals surface area contributed by atoms with Gasteiger partial charge in [-0.1, -0.05) is 11.6 Å². The third-order valence-corrected chi connectivity index (χ3v) is 2.90. The second-order valence-corrected chi connectivity index (χ2v) is 4.38. The standard InChI is InChI=1S/C13H9ClF2N2O2/c14-8-2-1-6(15)3-11(8)18-12-5-9(16)7(13(19)20)4-10(12)17/h1-5,18H,17H2,(H,19,20). The van der Waals surface area contributed by atoms with Crippen molar-refractivity contribution < 1.29 is 18.7 Å². The predicted octanol–water partition coefficient (Wildman–Crippen LogP) is 3.64. The molecule has 0 aromatic heterocycles. The molecule has 0 aliphatic rings. The monoisotopic (exact) mass is 298 g/mol. The molecule has 4 N–H and O–H groups in total. The largest absolute Gasteiger partial charge is 0.478 e. The number of rotatable bonds is 3. The number of anilines is 3. The summed E-state index contributed by atoms with van der Waals surface area (Å²) in [5.41, 5.74) is 5.39. The van der Waals surface area contributed by atoms with Gasteiger partial charge in [-0.25, -0.2) is 13.6 Å². The van der Waals surface area contributed by atoms with E-state index in [1.807, 2.05) is 0 Å². The number of carboxylic acids is 1. The molecule has 2 aromatic carbocycles. The molecule has 0 atom stereocenters. The average molecular weight is 299 g/mol. The van der Waals surface area contributed by atoms with Crippen LogP contribution >= 0.6 is 11.6 Å². The van der Waals surface area contributed by atoms with E-state index in [2.05, 4.69) is 5.32 Å². The molecule has 2 aromatic rings. The molecule has 0 radical (unpaired) electrons. The maximum absolute atomic E-state index is 13.6. The van der Waals surface area contributed by atoms with Gasteiger partial charge in [-0.2, -0.15) is 0 Å². The smallest absolute Gasteiger partial charge is 0.338 e. The molecule has 0 aliphatic heterocycles. The summed E-state index contributed by atoms with van der Waals surface area (Å²) in [5.74, 6) is -2.91. The fourth-order valence-corrected chi connectivity index (χ4v) is 1.77. The fourth-order valence-electron chi connectivity index (χ4n) is 1.60. The van der Waals surface area contributed by atoms with Crippen LogP contribution in [0.5, 0.6) is 0 Å². The minimum absolute atomic E-state index is 0.00382. The molecule has 20 heavy (non-hydrogen) atoms. The van der Waals surface area contributed by atoms with Crippen molar-refractivity contribution in [2.45, 2.75) is 0 Å². The Morgan fingerprint density at radius 1 is 1.20 bits per heavy atom. The van der Waals surface area contributed by atoms with E-state index in [0.717, 1.165) is 18.2 Å². The van der Waals surface area contributed by atoms with Gasteiger partial charge in [0.25, 0.3) is 0 Å². The lowest BCUT2D eigenvalue weighted by molar-refractivity contribution is 0.0692. The lowest BCUT2D eigenvalue weighted by Crippen LogP contribution is -2.05. The molecule has 0 unspecified atom stereocenters. The van der Waals surface area contributed by atoms with Crippen LogP contribution in [0, 0.1) is 11.6 Å². The maximum atomic E-state index is 13.6. The first-order valence-electron chi connectivity index (χ1n) is 5.43. The zero-order valence-electron chi connectivity index (χ0n) is 9.95. The highest BCUT2D eigenvalue weighted by Crippen LogP contribution is 2.30. The number of aromatic carboxylic acids is 1. The Morgan fingerprint density at radius 3 is 2.55 bits per heavy atom. The number of nitrogens with two attached hydrogens (primary N) is 1. The van der Waals surface area contributed by atoms with Crippen molar-refractivity contribution >= 4 is 34.6 Å². The van der Waals surface area contributed by atoms with Crippen LogP contribution in [0.2, 0.25) is 5.02 Å². The SMILES string of the molecule is Nc1cc(C(=O)O)c(F)cc1Nc1cc(F)ccc1Cl. The Labute approximate surface area is 117 Å². The maximum Gasteiger partial charge on any atom is 0.338 e. The second-order valence-electron chi connectivity index (χ2n) is 3.97. The van der Waals surface area contributed by atoms with Crippen molar-refractivity contribution in [2.24, 2.45) is 0 Å². The number of carboxylic acid groups (broad SMARTS) is 1. The van der Waals surface area contributed by atoms with Crippen LogP contribution in [0.15, 0.2) is 30.3 Å². The lowest BCUT2D eigenvalue weighted by Gasteiger charge is -2.12. The predicted molar refractivity (Wildman–Crippen MR) is 72.5 cm³/mol. The molecule has 0 fully saturated rings. The molecular formula is C13H9ClF2N2O2. The lowest BCUT2D eigenvalue weighted by atomic mass is 10.1. The Morgan fingerprint density at radius 2 is 1.90 bits per heavy atom. The first-order valence-corrected chi connectivity index (χ1v) is 5.80. The molecule has 104 valence electrons. The summed E-state index contributed by atoms with van der Waals surface area (Å²) in [4.78, 5) is 10.8. The van der Waals surface area contributed by atoms with Gasteiger partial charge < -0.3 is 16.2 Å². The quantitative estimate of drug-likeness (QED) is 0.756. The van der Waals surface area contributed by atoms with E-state index in [0.29, 0.717) is 0 Å². The third-order valence-electron chi connectivity index (χ3n) is 2.57. The molecule has 7 heteroatoms. The molecule has 0 aliphatic carbocycles. The molecule has 0 heterocycles. The van der Waals surface area contributed by atoms with Crippen LogP contribution in [-0.4, -0.2) is 11.1 Å². The Kier molecular flexibility index (Phi) is 3.76. The highest BCUT2D eigenvalue weighted by atomic mass is 35.5. The number of carbonyl (C=O) groups is 1. The van der Waals surface area contributed by atoms with Crippen LogP contribution in [0.4, 0.5) is 25.8 Å². The van der Waals surface area contributed by atoms with Gasteiger partial charge in [0, 0.05) is 6.07 Å². The van der Waals surface area contributed by atoms with Crippen LogP contribution in [0.3, 0.4) is 0 Å². The number of benzene rings is 2. The summed E-state index contributed by atoms with van der Waals surface area (Å²) in [6, 6.07) is 5.51. The van der Waals surface area contributed by atoms with Gasteiger partial charge in [-0.3, -0.25) is 0 Å². The number of hydrogen-bond donors (Lipinski definition) is 3. The van der Waals surface area contributed by atoms with Gasteiger partial charge in [-0.05, 0) is 24.3 Å². The van der Waals surface area contributed by atoms with Crippen LogP contribution in [0.25, 0.3) is 0 Å². The van der Waals surface area contributed by atoms with Crippen molar-refractivity contribution in [3.8, 4) is 0 Å². The molecule has 0 amide bonds. The van der Waals surface area contributed by atoms with Gasteiger partial charge in [0.1, 0.15) is 11.6 Å². The summed E-state index contributed by atoms with van der Waals surface area (Å²) < 4.78 is 26.7. The average Bonchev–Trinajstić information content (AvgIpc) is 2.37. The summed E-state index contributed by atoms with van der Waals surface area (Å²) in [7, 11) is 0. The first-order chi connectivity index (χ1) is 9.38. The van der Waals surface area contributed by atoms with Crippen molar-refractivity contribution in [1.29, 1.82) is 0 Å². The molecular weight excluding hydrogens is 290 g/mol. The fraction of sp³-hybridized carbons (Fsp3) is 0. The van der Waals surface area contributed by atoms with Crippen LogP contribution in [0.1, 0.15) is 10.4 Å². The minimum atomic E-state index is -1.43. The molecule has 0 bridgehead atoms. The van der Waals surface area contributed by atoms with Crippen LogP contribution < -0.4 is 11.1 Å². The highest BCUT2D eigenvalue weighted by Gasteiger charge is 2.14. The Hall–Kier alpha value is -2.34. The zero-order chi connectivity index (χ0) is 14.9. The van der Waals surface area contributed by atoms with E-state index in [4.69, 9.17) is 22.4 Å². The minimum Gasteiger partial charge on any atom is -0.478 e. The molecule has 0 saturated carbocycles. The van der Waals surface area contributed by atoms with E-state index in [9.17, 15) is 13.6 Å². The Balaban J connectivity index is 2.42.